The zero-order valence-electron chi connectivity index (χ0n) is 10.3. The summed E-state index contributed by atoms with van der Waals surface area (Å²) in [5.74, 6) is -1.82. The highest BCUT2D eigenvalue weighted by molar-refractivity contribution is 6.02. The predicted molar refractivity (Wildman–Crippen MR) is 70.8 cm³/mol. The largest absolute Gasteiger partial charge is 0.478 e. The van der Waals surface area contributed by atoms with Gasteiger partial charge < -0.3 is 15.7 Å². The van der Waals surface area contributed by atoms with E-state index in [1.165, 1.54) is 0 Å². The Bertz CT molecular complexity index is 506. The van der Waals surface area contributed by atoms with Gasteiger partial charge in [0.05, 0.1) is 0 Å². The van der Waals surface area contributed by atoms with Gasteiger partial charge in [0.15, 0.2) is 0 Å². The fourth-order valence-electron chi connectivity index (χ4n) is 1.22. The number of aliphatic carboxylic acids is 1. The number of rotatable bonds is 5. The van der Waals surface area contributed by atoms with Crippen LogP contribution in [-0.2, 0) is 14.4 Å². The molecule has 6 nitrogen and oxygen atoms in total. The lowest BCUT2D eigenvalue weighted by atomic mass is 10.2. The molecule has 0 aliphatic heterocycles. The van der Waals surface area contributed by atoms with Crippen LogP contribution in [0, 0.1) is 0 Å². The second-order valence-corrected chi connectivity index (χ2v) is 3.64. The molecule has 6 heteroatoms. The number of carboxylic acids is 1. The van der Waals surface area contributed by atoms with Gasteiger partial charge in [-0.3, -0.25) is 9.59 Å². The predicted octanol–water partition coefficient (Wildman–Crippen LogP) is 1.61. The van der Waals surface area contributed by atoms with E-state index in [4.69, 9.17) is 5.11 Å². The fraction of sp³-hybridized carbons (Fsp3) is 0.154. The van der Waals surface area contributed by atoms with Crippen LogP contribution < -0.4 is 10.6 Å². The average Bonchev–Trinajstić information content (AvgIpc) is 2.38. The maximum atomic E-state index is 11.3. The monoisotopic (exact) mass is 262 g/mol. The first kappa shape index (κ1) is 14.4. The normalized spacial score (nSPS) is 10.2. The van der Waals surface area contributed by atoms with Gasteiger partial charge in [-0.25, -0.2) is 4.79 Å². The number of carboxylic acid groups (broad SMARTS) is 1. The first-order valence-corrected chi connectivity index (χ1v) is 5.63. The van der Waals surface area contributed by atoms with Crippen LogP contribution in [0.2, 0.25) is 0 Å². The van der Waals surface area contributed by atoms with Crippen LogP contribution in [0.4, 0.5) is 11.4 Å². The van der Waals surface area contributed by atoms with Gasteiger partial charge in [-0.15, -0.1) is 0 Å². The van der Waals surface area contributed by atoms with E-state index in [9.17, 15) is 14.4 Å². The van der Waals surface area contributed by atoms with Gasteiger partial charge in [0.1, 0.15) is 0 Å². The lowest BCUT2D eigenvalue weighted by Crippen LogP contribution is -2.10. The summed E-state index contributed by atoms with van der Waals surface area (Å²) in [5.41, 5.74) is 1.14. The van der Waals surface area contributed by atoms with E-state index in [1.807, 2.05) is 0 Å². The van der Waals surface area contributed by atoms with E-state index in [0.29, 0.717) is 17.8 Å². The van der Waals surface area contributed by atoms with E-state index in [2.05, 4.69) is 10.6 Å². The van der Waals surface area contributed by atoms with E-state index in [1.54, 1.807) is 31.2 Å². The molecule has 0 saturated heterocycles. The molecule has 0 heterocycles. The van der Waals surface area contributed by atoms with Gasteiger partial charge in [0.2, 0.25) is 11.8 Å². The number of carbonyl (C=O) groups excluding carboxylic acids is 2. The number of benzene rings is 1. The summed E-state index contributed by atoms with van der Waals surface area (Å²) in [6.45, 7) is 1.75. The number of carbonyl (C=O) groups is 3. The second-order valence-electron chi connectivity index (χ2n) is 3.64. The molecule has 0 saturated carbocycles. The van der Waals surface area contributed by atoms with E-state index in [-0.39, 0.29) is 5.91 Å². The Morgan fingerprint density at radius 3 is 2.05 bits per heavy atom. The average molecular weight is 262 g/mol. The van der Waals surface area contributed by atoms with Gasteiger partial charge in [-0.2, -0.15) is 0 Å². The minimum absolute atomic E-state index is 0.0961. The first-order chi connectivity index (χ1) is 9.01. The van der Waals surface area contributed by atoms with Crippen molar-refractivity contribution < 1.29 is 19.5 Å². The molecular weight excluding hydrogens is 248 g/mol. The standard InChI is InChI=1S/C13H14N2O4/c1-2-11(16)14-9-3-5-10(6-4-9)15-12(17)7-8-13(18)19/h3-8H,2H2,1H3,(H,14,16)(H,15,17)(H,18,19). The van der Waals surface area contributed by atoms with Crippen molar-refractivity contribution in [2.75, 3.05) is 10.6 Å². The smallest absolute Gasteiger partial charge is 0.328 e. The van der Waals surface area contributed by atoms with Crippen molar-refractivity contribution in [3.63, 3.8) is 0 Å². The van der Waals surface area contributed by atoms with Crippen LogP contribution in [0.1, 0.15) is 13.3 Å². The Morgan fingerprint density at radius 1 is 1.05 bits per heavy atom. The lowest BCUT2D eigenvalue weighted by molar-refractivity contribution is -0.131. The molecule has 1 aromatic carbocycles. The van der Waals surface area contributed by atoms with Crippen LogP contribution in [0.15, 0.2) is 36.4 Å². The molecule has 0 unspecified atom stereocenters. The number of amides is 2. The van der Waals surface area contributed by atoms with E-state index < -0.39 is 11.9 Å². The van der Waals surface area contributed by atoms with Crippen molar-refractivity contribution in [3.05, 3.63) is 36.4 Å². The van der Waals surface area contributed by atoms with Crippen molar-refractivity contribution in [2.45, 2.75) is 13.3 Å². The van der Waals surface area contributed by atoms with Gasteiger partial charge in [0, 0.05) is 29.9 Å². The lowest BCUT2D eigenvalue weighted by Gasteiger charge is -2.05. The fourth-order valence-corrected chi connectivity index (χ4v) is 1.22. The highest BCUT2D eigenvalue weighted by Crippen LogP contribution is 2.13. The Labute approximate surface area is 110 Å². The molecule has 19 heavy (non-hydrogen) atoms. The summed E-state index contributed by atoms with van der Waals surface area (Å²) in [6.07, 6.45) is 2.07. The Hall–Kier alpha value is -2.63. The van der Waals surface area contributed by atoms with Gasteiger partial charge >= 0.3 is 5.97 Å². The molecule has 0 spiro atoms. The third-order valence-corrected chi connectivity index (χ3v) is 2.13. The number of hydrogen-bond donors (Lipinski definition) is 3. The zero-order valence-corrected chi connectivity index (χ0v) is 10.3. The SMILES string of the molecule is CCC(=O)Nc1ccc(NC(=O)C=CC(=O)O)cc1. The van der Waals surface area contributed by atoms with Crippen molar-refractivity contribution in [1.82, 2.24) is 0 Å². The first-order valence-electron chi connectivity index (χ1n) is 5.63. The van der Waals surface area contributed by atoms with E-state index >= 15 is 0 Å². The molecular formula is C13H14N2O4. The summed E-state index contributed by atoms with van der Waals surface area (Å²) in [7, 11) is 0. The number of nitrogens with one attached hydrogen (secondary N) is 2. The molecule has 0 aliphatic carbocycles. The van der Waals surface area contributed by atoms with Crippen LogP contribution in [-0.4, -0.2) is 22.9 Å². The summed E-state index contributed by atoms with van der Waals surface area (Å²) in [6, 6.07) is 6.50. The quantitative estimate of drug-likeness (QED) is 0.702. The highest BCUT2D eigenvalue weighted by Gasteiger charge is 2.01. The minimum atomic E-state index is -1.19. The molecule has 100 valence electrons. The third-order valence-electron chi connectivity index (χ3n) is 2.13. The maximum Gasteiger partial charge on any atom is 0.328 e. The molecule has 3 N–H and O–H groups in total. The molecule has 0 bridgehead atoms. The molecule has 0 radical (unpaired) electrons. The molecule has 1 rings (SSSR count). The van der Waals surface area contributed by atoms with Crippen molar-refractivity contribution in [1.29, 1.82) is 0 Å². The second kappa shape index (κ2) is 6.95. The maximum absolute atomic E-state index is 11.3. The van der Waals surface area contributed by atoms with Crippen molar-refractivity contribution in [2.24, 2.45) is 0 Å². The van der Waals surface area contributed by atoms with E-state index in [0.717, 1.165) is 12.2 Å². The van der Waals surface area contributed by atoms with Crippen molar-refractivity contribution in [3.8, 4) is 0 Å². The Morgan fingerprint density at radius 2 is 1.58 bits per heavy atom. The van der Waals surface area contributed by atoms with Gasteiger partial charge in [0.25, 0.3) is 0 Å². The summed E-state index contributed by atoms with van der Waals surface area (Å²) >= 11 is 0. The highest BCUT2D eigenvalue weighted by atomic mass is 16.4. The molecule has 1 aromatic rings. The summed E-state index contributed by atoms with van der Waals surface area (Å²) in [4.78, 5) is 32.7. The minimum Gasteiger partial charge on any atom is -0.478 e. The topological polar surface area (TPSA) is 95.5 Å². The molecule has 0 atom stereocenters. The number of anilines is 2. The van der Waals surface area contributed by atoms with Crippen molar-refractivity contribution >= 4 is 29.2 Å². The van der Waals surface area contributed by atoms with Crippen LogP contribution in [0.3, 0.4) is 0 Å². The Balaban J connectivity index is 2.59. The molecule has 0 aliphatic rings. The van der Waals surface area contributed by atoms with Crippen LogP contribution >= 0.6 is 0 Å². The summed E-state index contributed by atoms with van der Waals surface area (Å²) < 4.78 is 0. The molecule has 0 fully saturated rings. The summed E-state index contributed by atoms with van der Waals surface area (Å²) in [5, 5.41) is 13.5. The van der Waals surface area contributed by atoms with Gasteiger partial charge in [-0.1, -0.05) is 6.92 Å². The van der Waals surface area contributed by atoms with Gasteiger partial charge in [-0.05, 0) is 24.3 Å². The molecule has 2 amide bonds. The zero-order chi connectivity index (χ0) is 14.3. The Kier molecular flexibility index (Phi) is 5.28. The van der Waals surface area contributed by atoms with Crippen LogP contribution in [0.25, 0.3) is 0 Å². The molecule has 0 aromatic heterocycles. The third kappa shape index (κ3) is 5.49. The van der Waals surface area contributed by atoms with Crippen LogP contribution in [0.5, 0.6) is 0 Å². The number of hydrogen-bond acceptors (Lipinski definition) is 3.